The number of anilines is 1. The van der Waals surface area contributed by atoms with E-state index in [1.807, 2.05) is 0 Å². The van der Waals surface area contributed by atoms with Crippen molar-refractivity contribution in [3.8, 4) is 0 Å². The molecule has 2 aromatic rings. The van der Waals surface area contributed by atoms with Crippen molar-refractivity contribution in [2.45, 2.75) is 6.54 Å². The molecule has 1 N–H and O–H groups in total. The summed E-state index contributed by atoms with van der Waals surface area (Å²) in [6.07, 6.45) is 3.35. The molecule has 0 atom stereocenters. The second kappa shape index (κ2) is 4.90. The molecule has 0 amide bonds. The Balaban J connectivity index is 1.99. The highest BCUT2D eigenvalue weighted by molar-refractivity contribution is 5.46. The normalized spacial score (nSPS) is 10.5. The highest BCUT2D eigenvalue weighted by Crippen LogP contribution is 2.19. The van der Waals surface area contributed by atoms with Crippen molar-refractivity contribution in [1.29, 1.82) is 0 Å². The molecule has 3 nitrogen and oxygen atoms in total. The van der Waals surface area contributed by atoms with Crippen LogP contribution < -0.4 is 5.32 Å². The van der Waals surface area contributed by atoms with E-state index in [-0.39, 0.29) is 5.69 Å². The van der Waals surface area contributed by atoms with Crippen LogP contribution >= 0.6 is 0 Å². The maximum absolute atomic E-state index is 13.2. The van der Waals surface area contributed by atoms with Crippen molar-refractivity contribution in [2.24, 2.45) is 0 Å². The van der Waals surface area contributed by atoms with Crippen LogP contribution in [0.3, 0.4) is 0 Å². The molecule has 1 aromatic heterocycles. The van der Waals surface area contributed by atoms with E-state index in [0.29, 0.717) is 25.2 Å². The predicted octanol–water partition coefficient (Wildman–Crippen LogP) is 2.41. The molecule has 0 spiro atoms. The van der Waals surface area contributed by atoms with Crippen molar-refractivity contribution in [3.63, 3.8) is 0 Å². The number of nitrogens with zero attached hydrogens (tertiary/aromatic N) is 2. The van der Waals surface area contributed by atoms with Gasteiger partial charge in [0.1, 0.15) is 11.5 Å². The van der Waals surface area contributed by atoms with E-state index < -0.39 is 17.5 Å². The summed E-state index contributed by atoms with van der Waals surface area (Å²) >= 11 is 0. The van der Waals surface area contributed by atoms with Gasteiger partial charge in [-0.05, 0) is 6.07 Å². The molecule has 1 aromatic carbocycles. The Labute approximate surface area is 95.9 Å². The number of halogens is 3. The van der Waals surface area contributed by atoms with E-state index in [9.17, 15) is 13.2 Å². The molecule has 1 heterocycles. The zero-order valence-electron chi connectivity index (χ0n) is 8.83. The Kier molecular flexibility index (Phi) is 3.32. The van der Waals surface area contributed by atoms with Gasteiger partial charge in [0.2, 0.25) is 0 Å². The highest BCUT2D eigenvalue weighted by Gasteiger charge is 2.10. The van der Waals surface area contributed by atoms with Crippen molar-refractivity contribution in [3.05, 3.63) is 48.0 Å². The first-order valence-electron chi connectivity index (χ1n) is 5.02. The fourth-order valence-corrected chi connectivity index (χ4v) is 1.44. The van der Waals surface area contributed by atoms with Crippen molar-refractivity contribution in [1.82, 2.24) is 9.78 Å². The Morgan fingerprint density at radius 3 is 2.47 bits per heavy atom. The minimum Gasteiger partial charge on any atom is -0.378 e. The SMILES string of the molecule is Fc1cc(F)c(NCCn2cccn2)c(F)c1. The summed E-state index contributed by atoms with van der Waals surface area (Å²) in [5.41, 5.74) is -0.321. The van der Waals surface area contributed by atoms with Crippen LogP contribution in [0.15, 0.2) is 30.6 Å². The molecule has 0 saturated carbocycles. The second-order valence-corrected chi connectivity index (χ2v) is 3.44. The fourth-order valence-electron chi connectivity index (χ4n) is 1.44. The van der Waals surface area contributed by atoms with Gasteiger partial charge in [0.15, 0.2) is 11.6 Å². The Bertz CT molecular complexity index is 474. The third-order valence-electron chi connectivity index (χ3n) is 2.21. The third-order valence-corrected chi connectivity index (χ3v) is 2.21. The van der Waals surface area contributed by atoms with Crippen molar-refractivity contribution < 1.29 is 13.2 Å². The minimum atomic E-state index is -0.942. The maximum Gasteiger partial charge on any atom is 0.152 e. The molecular formula is C11H10F3N3. The number of hydrogen-bond acceptors (Lipinski definition) is 2. The summed E-state index contributed by atoms with van der Waals surface area (Å²) in [6.45, 7) is 0.754. The summed E-state index contributed by atoms with van der Waals surface area (Å²) in [7, 11) is 0. The van der Waals surface area contributed by atoms with E-state index in [1.54, 1.807) is 23.1 Å². The minimum absolute atomic E-state index is 0.293. The molecule has 0 fully saturated rings. The third kappa shape index (κ3) is 2.77. The molecule has 0 saturated heterocycles. The molecule has 0 aliphatic carbocycles. The number of hydrogen-bond donors (Lipinski definition) is 1. The average Bonchev–Trinajstić information content (AvgIpc) is 2.74. The van der Waals surface area contributed by atoms with Crippen LogP contribution in [0.4, 0.5) is 18.9 Å². The summed E-state index contributed by atoms with van der Waals surface area (Å²) in [4.78, 5) is 0. The van der Waals surface area contributed by atoms with E-state index in [0.717, 1.165) is 0 Å². The zero-order valence-corrected chi connectivity index (χ0v) is 8.83. The second-order valence-electron chi connectivity index (χ2n) is 3.44. The lowest BCUT2D eigenvalue weighted by molar-refractivity contribution is 0.545. The van der Waals surface area contributed by atoms with Gasteiger partial charge in [-0.1, -0.05) is 0 Å². The molecule has 17 heavy (non-hydrogen) atoms. The van der Waals surface area contributed by atoms with E-state index in [1.165, 1.54) is 0 Å². The molecule has 0 unspecified atom stereocenters. The standard InChI is InChI=1S/C11H10F3N3/c12-8-6-9(13)11(10(14)7-8)15-3-5-17-4-1-2-16-17/h1-2,4,6-7,15H,3,5H2. The van der Waals surface area contributed by atoms with Gasteiger partial charge in [-0.3, -0.25) is 4.68 Å². The summed E-state index contributed by atoms with van der Waals surface area (Å²) in [5, 5.41) is 6.50. The lowest BCUT2D eigenvalue weighted by atomic mass is 10.3. The van der Waals surface area contributed by atoms with Crippen LogP contribution in [-0.2, 0) is 6.54 Å². The predicted molar refractivity (Wildman–Crippen MR) is 57.0 cm³/mol. The van der Waals surface area contributed by atoms with Crippen LogP contribution in [0, 0.1) is 17.5 Å². The average molecular weight is 241 g/mol. The van der Waals surface area contributed by atoms with E-state index in [2.05, 4.69) is 10.4 Å². The Hall–Kier alpha value is -1.98. The molecular weight excluding hydrogens is 231 g/mol. The van der Waals surface area contributed by atoms with Gasteiger partial charge in [-0.15, -0.1) is 0 Å². The van der Waals surface area contributed by atoms with E-state index >= 15 is 0 Å². The van der Waals surface area contributed by atoms with Gasteiger partial charge in [-0.2, -0.15) is 5.10 Å². The van der Waals surface area contributed by atoms with Crippen LogP contribution in [0.1, 0.15) is 0 Å². The van der Waals surface area contributed by atoms with Crippen molar-refractivity contribution in [2.75, 3.05) is 11.9 Å². The van der Waals surface area contributed by atoms with Crippen molar-refractivity contribution >= 4 is 5.69 Å². The van der Waals surface area contributed by atoms with Gasteiger partial charge in [0.05, 0.1) is 6.54 Å². The van der Waals surface area contributed by atoms with Gasteiger partial charge >= 0.3 is 0 Å². The van der Waals surface area contributed by atoms with Crippen LogP contribution in [0.25, 0.3) is 0 Å². The summed E-state index contributed by atoms with van der Waals surface area (Å²) < 4.78 is 40.7. The lowest BCUT2D eigenvalue weighted by Gasteiger charge is -2.08. The molecule has 0 aliphatic heterocycles. The number of benzene rings is 1. The number of aromatic nitrogens is 2. The first-order valence-corrected chi connectivity index (χ1v) is 5.02. The molecule has 6 heteroatoms. The number of nitrogens with one attached hydrogen (secondary N) is 1. The van der Waals surface area contributed by atoms with Crippen LogP contribution in [0.5, 0.6) is 0 Å². The smallest absolute Gasteiger partial charge is 0.152 e. The fraction of sp³-hybridized carbons (Fsp3) is 0.182. The quantitative estimate of drug-likeness (QED) is 0.890. The monoisotopic (exact) mass is 241 g/mol. The largest absolute Gasteiger partial charge is 0.378 e. The summed E-state index contributed by atoms with van der Waals surface area (Å²) in [6, 6.07) is 3.03. The first kappa shape index (κ1) is 11.5. The lowest BCUT2D eigenvalue weighted by Crippen LogP contribution is -2.12. The van der Waals surface area contributed by atoms with Crippen LogP contribution in [-0.4, -0.2) is 16.3 Å². The first-order chi connectivity index (χ1) is 8.16. The molecule has 0 bridgehead atoms. The number of rotatable bonds is 4. The van der Waals surface area contributed by atoms with Crippen LogP contribution in [0.2, 0.25) is 0 Å². The maximum atomic E-state index is 13.2. The van der Waals surface area contributed by atoms with Gasteiger partial charge < -0.3 is 5.32 Å². The van der Waals surface area contributed by atoms with Gasteiger partial charge in [0.25, 0.3) is 0 Å². The molecule has 0 radical (unpaired) electrons. The topological polar surface area (TPSA) is 29.9 Å². The summed E-state index contributed by atoms with van der Waals surface area (Å²) in [5.74, 6) is -2.82. The molecule has 2 rings (SSSR count). The molecule has 90 valence electrons. The Morgan fingerprint density at radius 1 is 1.18 bits per heavy atom. The highest BCUT2D eigenvalue weighted by atomic mass is 19.1. The van der Waals surface area contributed by atoms with Gasteiger partial charge in [-0.25, -0.2) is 13.2 Å². The van der Waals surface area contributed by atoms with Gasteiger partial charge in [0, 0.05) is 31.1 Å². The zero-order chi connectivity index (χ0) is 12.3. The Morgan fingerprint density at radius 2 is 1.88 bits per heavy atom. The molecule has 0 aliphatic rings. The van der Waals surface area contributed by atoms with E-state index in [4.69, 9.17) is 0 Å².